The van der Waals surface area contributed by atoms with Crippen LogP contribution in [0.4, 0.5) is 5.82 Å². The van der Waals surface area contributed by atoms with Crippen molar-refractivity contribution < 1.29 is 0 Å². The summed E-state index contributed by atoms with van der Waals surface area (Å²) in [4.78, 5) is 9.16. The predicted octanol–water partition coefficient (Wildman–Crippen LogP) is 5.11. The van der Waals surface area contributed by atoms with Crippen LogP contribution in [0.1, 0.15) is 36.4 Å². The molecule has 0 saturated carbocycles. The number of fused-ring (bicyclic) bond motifs is 1. The van der Waals surface area contributed by atoms with Gasteiger partial charge >= 0.3 is 0 Å². The van der Waals surface area contributed by atoms with Crippen LogP contribution in [-0.2, 0) is 0 Å². The predicted molar refractivity (Wildman–Crippen MR) is 119 cm³/mol. The quantitative estimate of drug-likeness (QED) is 0.493. The lowest BCUT2D eigenvalue weighted by Crippen LogP contribution is -1.98. The number of pyridine rings is 2. The highest BCUT2D eigenvalue weighted by Crippen LogP contribution is 2.27. The van der Waals surface area contributed by atoms with E-state index in [1.807, 2.05) is 56.4 Å². The summed E-state index contributed by atoms with van der Waals surface area (Å²) in [6, 6.07) is 17.9. The van der Waals surface area contributed by atoms with Crippen LogP contribution in [0.2, 0.25) is 0 Å². The number of imidazole rings is 1. The van der Waals surface area contributed by atoms with Gasteiger partial charge in [-0.25, -0.2) is 9.97 Å². The maximum Gasteiger partial charge on any atom is 0.137 e. The Kier molecular flexibility index (Phi) is 4.88. The van der Waals surface area contributed by atoms with Crippen LogP contribution in [0.3, 0.4) is 0 Å². The minimum absolute atomic E-state index is 0.448. The Morgan fingerprint density at radius 2 is 1.79 bits per heavy atom. The number of anilines is 1. The van der Waals surface area contributed by atoms with Crippen LogP contribution >= 0.6 is 0 Å². The molecule has 4 heteroatoms. The van der Waals surface area contributed by atoms with Crippen molar-refractivity contribution in [1.82, 2.24) is 14.4 Å². The molecule has 0 atom stereocenters. The zero-order valence-corrected chi connectivity index (χ0v) is 16.8. The summed E-state index contributed by atoms with van der Waals surface area (Å²) in [5.41, 5.74) is 13.7. The fraction of sp³-hybridized carbons (Fsp3) is 0.120. The van der Waals surface area contributed by atoms with Crippen LogP contribution in [0.25, 0.3) is 22.5 Å². The van der Waals surface area contributed by atoms with E-state index in [9.17, 15) is 0 Å². The number of nitrogens with two attached hydrogens (primary N) is 1. The van der Waals surface area contributed by atoms with Crippen LogP contribution in [-0.4, -0.2) is 14.4 Å². The monoisotopic (exact) mass is 378 g/mol. The number of allylic oxidation sites excluding steroid dienone is 2. The Bertz CT molecular complexity index is 1280. The summed E-state index contributed by atoms with van der Waals surface area (Å²) in [6.07, 6.45) is 4.10. The molecule has 29 heavy (non-hydrogen) atoms. The molecule has 3 heterocycles. The molecule has 0 unspecified atom stereocenters. The van der Waals surface area contributed by atoms with Gasteiger partial charge in [-0.2, -0.15) is 0 Å². The van der Waals surface area contributed by atoms with Crippen molar-refractivity contribution in [3.8, 4) is 23.1 Å². The lowest BCUT2D eigenvalue weighted by molar-refractivity contribution is 1.17. The van der Waals surface area contributed by atoms with Crippen molar-refractivity contribution in [2.75, 3.05) is 5.73 Å². The average molecular weight is 378 g/mol. The maximum absolute atomic E-state index is 5.96. The van der Waals surface area contributed by atoms with Crippen molar-refractivity contribution in [2.24, 2.45) is 0 Å². The Morgan fingerprint density at radius 1 is 1.00 bits per heavy atom. The highest BCUT2D eigenvalue weighted by molar-refractivity contribution is 5.73. The van der Waals surface area contributed by atoms with Crippen LogP contribution in [0.15, 0.2) is 66.9 Å². The molecular formula is C25H22N4. The third-order valence-corrected chi connectivity index (χ3v) is 4.97. The standard InChI is InChI=1S/C25H22N4/c1-4-17(2)20-11-8-19(9-12-20)10-14-22-21(13-15-23(26)28-22)25-18(3)27-24-7-5-6-16-29(24)25/h4-9,11-13,15-16H,1-3H3,(H2,26,28)/b17-4+. The fourth-order valence-electron chi connectivity index (χ4n) is 3.31. The molecular weight excluding hydrogens is 356 g/mol. The normalized spacial score (nSPS) is 11.3. The largest absolute Gasteiger partial charge is 0.384 e. The molecule has 4 aromatic rings. The lowest BCUT2D eigenvalue weighted by atomic mass is 10.0. The minimum Gasteiger partial charge on any atom is -0.384 e. The average Bonchev–Trinajstić information content (AvgIpc) is 3.08. The Hall–Kier alpha value is -3.84. The van der Waals surface area contributed by atoms with Gasteiger partial charge in [-0.15, -0.1) is 0 Å². The van der Waals surface area contributed by atoms with Crippen molar-refractivity contribution in [2.45, 2.75) is 20.8 Å². The van der Waals surface area contributed by atoms with E-state index in [2.05, 4.69) is 51.3 Å². The number of nitrogen functional groups attached to an aromatic ring is 1. The Labute approximate surface area is 170 Å². The van der Waals surface area contributed by atoms with Gasteiger partial charge in [0.05, 0.1) is 11.4 Å². The zero-order valence-electron chi connectivity index (χ0n) is 16.8. The third kappa shape index (κ3) is 3.63. The van der Waals surface area contributed by atoms with Crippen molar-refractivity contribution in [3.05, 3.63) is 89.4 Å². The van der Waals surface area contributed by atoms with Gasteiger partial charge in [0.2, 0.25) is 0 Å². The van der Waals surface area contributed by atoms with E-state index in [4.69, 9.17) is 5.73 Å². The number of hydrogen-bond acceptors (Lipinski definition) is 3. The third-order valence-electron chi connectivity index (χ3n) is 4.97. The number of nitrogens with zero attached hydrogens (tertiary/aromatic N) is 3. The molecule has 0 aliphatic heterocycles. The first kappa shape index (κ1) is 18.5. The van der Waals surface area contributed by atoms with Gasteiger partial charge in [-0.05, 0) is 74.2 Å². The van der Waals surface area contributed by atoms with Gasteiger partial charge in [0, 0.05) is 17.3 Å². The van der Waals surface area contributed by atoms with E-state index in [0.29, 0.717) is 11.5 Å². The van der Waals surface area contributed by atoms with Gasteiger partial charge in [0.15, 0.2) is 0 Å². The Morgan fingerprint density at radius 3 is 2.55 bits per heavy atom. The molecule has 0 aliphatic rings. The summed E-state index contributed by atoms with van der Waals surface area (Å²) < 4.78 is 2.06. The molecule has 0 fully saturated rings. The molecule has 0 amide bonds. The number of benzene rings is 1. The van der Waals surface area contributed by atoms with Crippen LogP contribution < -0.4 is 5.73 Å². The van der Waals surface area contributed by atoms with E-state index in [1.54, 1.807) is 6.07 Å². The zero-order chi connectivity index (χ0) is 20.4. The lowest BCUT2D eigenvalue weighted by Gasteiger charge is -2.07. The van der Waals surface area contributed by atoms with Crippen LogP contribution in [0.5, 0.6) is 0 Å². The van der Waals surface area contributed by atoms with Gasteiger partial charge in [-0.3, -0.25) is 4.40 Å². The first-order valence-electron chi connectivity index (χ1n) is 9.53. The molecule has 0 bridgehead atoms. The molecule has 1 aromatic carbocycles. The topological polar surface area (TPSA) is 56.2 Å². The molecule has 2 N–H and O–H groups in total. The van der Waals surface area contributed by atoms with Crippen LogP contribution in [0, 0.1) is 18.8 Å². The van der Waals surface area contributed by atoms with E-state index in [0.717, 1.165) is 28.2 Å². The number of aryl methyl sites for hydroxylation is 1. The fourth-order valence-corrected chi connectivity index (χ4v) is 3.31. The summed E-state index contributed by atoms with van der Waals surface area (Å²) in [5, 5.41) is 0. The highest BCUT2D eigenvalue weighted by Gasteiger charge is 2.14. The number of hydrogen-bond donors (Lipinski definition) is 1. The van der Waals surface area contributed by atoms with Gasteiger partial charge < -0.3 is 5.73 Å². The number of aromatic nitrogens is 3. The molecule has 4 nitrogen and oxygen atoms in total. The Balaban J connectivity index is 1.80. The maximum atomic E-state index is 5.96. The van der Waals surface area contributed by atoms with Crippen molar-refractivity contribution in [1.29, 1.82) is 0 Å². The van der Waals surface area contributed by atoms with Crippen molar-refractivity contribution in [3.63, 3.8) is 0 Å². The number of rotatable bonds is 2. The van der Waals surface area contributed by atoms with E-state index >= 15 is 0 Å². The molecule has 0 aliphatic carbocycles. The SMILES string of the molecule is C/C=C(\C)c1ccc(C#Cc2nc(N)ccc2-c2c(C)nc3ccccn23)cc1. The summed E-state index contributed by atoms with van der Waals surface area (Å²) in [7, 11) is 0. The molecule has 3 aromatic heterocycles. The van der Waals surface area contributed by atoms with Gasteiger partial charge in [-0.1, -0.05) is 30.2 Å². The molecule has 0 spiro atoms. The molecule has 4 rings (SSSR count). The summed E-state index contributed by atoms with van der Waals surface area (Å²) in [5.74, 6) is 6.89. The summed E-state index contributed by atoms with van der Waals surface area (Å²) >= 11 is 0. The molecule has 0 radical (unpaired) electrons. The molecule has 142 valence electrons. The summed E-state index contributed by atoms with van der Waals surface area (Å²) in [6.45, 7) is 6.14. The smallest absolute Gasteiger partial charge is 0.137 e. The second kappa shape index (κ2) is 7.65. The van der Waals surface area contributed by atoms with Gasteiger partial charge in [0.25, 0.3) is 0 Å². The second-order valence-electron chi connectivity index (χ2n) is 6.91. The van der Waals surface area contributed by atoms with E-state index < -0.39 is 0 Å². The van der Waals surface area contributed by atoms with Gasteiger partial charge in [0.1, 0.15) is 17.2 Å². The van der Waals surface area contributed by atoms with E-state index in [-0.39, 0.29) is 0 Å². The van der Waals surface area contributed by atoms with Crippen molar-refractivity contribution >= 4 is 17.0 Å². The second-order valence-corrected chi connectivity index (χ2v) is 6.91. The molecule has 0 saturated heterocycles. The first-order chi connectivity index (χ1) is 14.1. The minimum atomic E-state index is 0.448. The van der Waals surface area contributed by atoms with E-state index in [1.165, 1.54) is 11.1 Å². The highest BCUT2D eigenvalue weighted by atomic mass is 15.0. The first-order valence-corrected chi connectivity index (χ1v) is 9.53.